The minimum Gasteiger partial charge on any atom is -0.326 e. The van der Waals surface area contributed by atoms with E-state index in [-0.39, 0.29) is 10.5 Å². The molecule has 0 aliphatic rings. The molecule has 0 fully saturated rings. The molecule has 0 aliphatic heterocycles. The largest absolute Gasteiger partial charge is 0.326 e. The van der Waals surface area contributed by atoms with Crippen LogP contribution < -0.4 is 10.9 Å². The standard InChI is InChI=1S/C14H14N2O4S/c1-9-6-7-12(13(17)15-9)14(18)16-10-4-3-5-11(8-10)21(2,19)20/h3-8H,1-2H3,(H,15,17)(H,16,18). The average Bonchev–Trinajstić information content (AvgIpc) is 2.37. The lowest BCUT2D eigenvalue weighted by atomic mass is 10.2. The Morgan fingerprint density at radius 2 is 1.90 bits per heavy atom. The highest BCUT2D eigenvalue weighted by molar-refractivity contribution is 7.90. The highest BCUT2D eigenvalue weighted by Crippen LogP contribution is 2.15. The Labute approximate surface area is 121 Å². The van der Waals surface area contributed by atoms with Gasteiger partial charge in [-0.2, -0.15) is 0 Å². The number of benzene rings is 1. The van der Waals surface area contributed by atoms with Crippen molar-refractivity contribution in [2.24, 2.45) is 0 Å². The van der Waals surface area contributed by atoms with E-state index in [0.29, 0.717) is 11.4 Å². The quantitative estimate of drug-likeness (QED) is 0.894. The fraction of sp³-hybridized carbons (Fsp3) is 0.143. The van der Waals surface area contributed by atoms with Crippen molar-refractivity contribution >= 4 is 21.4 Å². The Balaban J connectivity index is 2.30. The van der Waals surface area contributed by atoms with Crippen molar-refractivity contribution in [1.29, 1.82) is 0 Å². The van der Waals surface area contributed by atoms with Gasteiger partial charge >= 0.3 is 0 Å². The second kappa shape index (κ2) is 5.53. The molecule has 0 aliphatic carbocycles. The van der Waals surface area contributed by atoms with Gasteiger partial charge in [0.2, 0.25) is 0 Å². The molecule has 1 amide bonds. The molecule has 2 rings (SSSR count). The molecule has 2 aromatic rings. The number of anilines is 1. The zero-order valence-electron chi connectivity index (χ0n) is 11.5. The lowest BCUT2D eigenvalue weighted by molar-refractivity contribution is 0.102. The van der Waals surface area contributed by atoms with Crippen molar-refractivity contribution in [3.8, 4) is 0 Å². The van der Waals surface area contributed by atoms with Crippen LogP contribution in [0.2, 0.25) is 0 Å². The van der Waals surface area contributed by atoms with E-state index in [4.69, 9.17) is 0 Å². The van der Waals surface area contributed by atoms with E-state index < -0.39 is 21.3 Å². The first kappa shape index (κ1) is 15.0. The number of pyridine rings is 1. The number of aromatic nitrogens is 1. The number of carbonyl (C=O) groups excluding carboxylic acids is 1. The molecule has 6 nitrogen and oxygen atoms in total. The Bertz CT molecular complexity index is 853. The smallest absolute Gasteiger partial charge is 0.261 e. The highest BCUT2D eigenvalue weighted by Gasteiger charge is 2.12. The third-order valence-electron chi connectivity index (χ3n) is 2.82. The number of H-pyrrole nitrogens is 1. The Hall–Kier alpha value is -2.41. The number of aryl methyl sites for hydroxylation is 1. The van der Waals surface area contributed by atoms with E-state index in [9.17, 15) is 18.0 Å². The van der Waals surface area contributed by atoms with Crippen molar-refractivity contribution in [2.45, 2.75) is 11.8 Å². The topological polar surface area (TPSA) is 96.1 Å². The number of hydrogen-bond donors (Lipinski definition) is 2. The van der Waals surface area contributed by atoms with Gasteiger partial charge in [0, 0.05) is 17.6 Å². The van der Waals surface area contributed by atoms with Gasteiger partial charge < -0.3 is 10.3 Å². The second-order valence-electron chi connectivity index (χ2n) is 4.64. The van der Waals surface area contributed by atoms with E-state index in [1.807, 2.05) is 0 Å². The van der Waals surface area contributed by atoms with Crippen LogP contribution in [0.15, 0.2) is 46.1 Å². The first-order valence-electron chi connectivity index (χ1n) is 6.09. The van der Waals surface area contributed by atoms with Crippen LogP contribution in [-0.4, -0.2) is 25.6 Å². The van der Waals surface area contributed by atoms with Crippen molar-refractivity contribution in [3.05, 3.63) is 58.0 Å². The van der Waals surface area contributed by atoms with Crippen molar-refractivity contribution in [3.63, 3.8) is 0 Å². The Morgan fingerprint density at radius 1 is 1.19 bits per heavy atom. The van der Waals surface area contributed by atoms with E-state index >= 15 is 0 Å². The molecule has 0 saturated carbocycles. The lowest BCUT2D eigenvalue weighted by Crippen LogP contribution is -2.23. The molecule has 1 aromatic carbocycles. The molecule has 0 saturated heterocycles. The lowest BCUT2D eigenvalue weighted by Gasteiger charge is -2.06. The number of amides is 1. The predicted octanol–water partition coefficient (Wildman–Crippen LogP) is 1.34. The SMILES string of the molecule is Cc1ccc(C(=O)Nc2cccc(S(C)(=O)=O)c2)c(=O)[nH]1. The molecule has 21 heavy (non-hydrogen) atoms. The Kier molecular flexibility index (Phi) is 3.95. The first-order chi connectivity index (χ1) is 9.77. The number of aromatic amines is 1. The molecule has 0 unspecified atom stereocenters. The van der Waals surface area contributed by atoms with Gasteiger partial charge in [-0.1, -0.05) is 6.07 Å². The van der Waals surface area contributed by atoms with E-state index in [0.717, 1.165) is 6.26 Å². The van der Waals surface area contributed by atoms with Gasteiger partial charge in [-0.05, 0) is 37.3 Å². The van der Waals surface area contributed by atoms with Crippen molar-refractivity contribution < 1.29 is 13.2 Å². The van der Waals surface area contributed by atoms with Crippen LogP contribution in [0.5, 0.6) is 0 Å². The molecular formula is C14H14N2O4S. The summed E-state index contributed by atoms with van der Waals surface area (Å²) in [4.78, 5) is 26.3. The molecule has 7 heteroatoms. The van der Waals surface area contributed by atoms with E-state index in [1.54, 1.807) is 19.1 Å². The van der Waals surface area contributed by atoms with Gasteiger partial charge in [0.15, 0.2) is 9.84 Å². The third kappa shape index (κ3) is 3.57. The maximum atomic E-state index is 12.0. The van der Waals surface area contributed by atoms with Gasteiger partial charge in [0.25, 0.3) is 11.5 Å². The van der Waals surface area contributed by atoms with E-state index in [2.05, 4.69) is 10.3 Å². The van der Waals surface area contributed by atoms with Gasteiger partial charge in [-0.3, -0.25) is 9.59 Å². The molecule has 0 atom stereocenters. The number of sulfone groups is 1. The molecule has 1 heterocycles. The van der Waals surface area contributed by atoms with Crippen LogP contribution in [0, 0.1) is 6.92 Å². The first-order valence-corrected chi connectivity index (χ1v) is 7.98. The van der Waals surface area contributed by atoms with Gasteiger partial charge in [0.1, 0.15) is 5.56 Å². The summed E-state index contributed by atoms with van der Waals surface area (Å²) < 4.78 is 22.9. The van der Waals surface area contributed by atoms with Crippen LogP contribution in [-0.2, 0) is 9.84 Å². The second-order valence-corrected chi connectivity index (χ2v) is 6.65. The fourth-order valence-corrected chi connectivity index (χ4v) is 2.42. The number of hydrogen-bond acceptors (Lipinski definition) is 4. The molecule has 1 aromatic heterocycles. The van der Waals surface area contributed by atoms with Crippen molar-refractivity contribution in [1.82, 2.24) is 4.98 Å². The summed E-state index contributed by atoms with van der Waals surface area (Å²) in [5.74, 6) is -0.595. The molecule has 0 bridgehead atoms. The number of rotatable bonds is 3. The van der Waals surface area contributed by atoms with Crippen LogP contribution >= 0.6 is 0 Å². The number of carbonyl (C=O) groups is 1. The molecule has 2 N–H and O–H groups in total. The summed E-state index contributed by atoms with van der Waals surface area (Å²) in [5.41, 5.74) is 0.427. The molecular weight excluding hydrogens is 292 g/mol. The van der Waals surface area contributed by atoms with Crippen LogP contribution in [0.3, 0.4) is 0 Å². The predicted molar refractivity (Wildman–Crippen MR) is 79.3 cm³/mol. The van der Waals surface area contributed by atoms with Gasteiger partial charge in [-0.15, -0.1) is 0 Å². The van der Waals surface area contributed by atoms with Gasteiger partial charge in [-0.25, -0.2) is 8.42 Å². The maximum Gasteiger partial charge on any atom is 0.261 e. The molecule has 110 valence electrons. The zero-order chi connectivity index (χ0) is 15.6. The Morgan fingerprint density at radius 3 is 2.52 bits per heavy atom. The average molecular weight is 306 g/mol. The summed E-state index contributed by atoms with van der Waals surface area (Å²) in [6.07, 6.45) is 1.08. The monoisotopic (exact) mass is 306 g/mol. The molecule has 0 radical (unpaired) electrons. The van der Waals surface area contributed by atoms with E-state index in [1.165, 1.54) is 24.3 Å². The third-order valence-corrected chi connectivity index (χ3v) is 3.93. The van der Waals surface area contributed by atoms with Crippen molar-refractivity contribution in [2.75, 3.05) is 11.6 Å². The maximum absolute atomic E-state index is 12.0. The minimum absolute atomic E-state index is 0.0367. The molecule has 0 spiro atoms. The highest BCUT2D eigenvalue weighted by atomic mass is 32.2. The summed E-state index contributed by atoms with van der Waals surface area (Å²) in [6, 6.07) is 8.88. The van der Waals surface area contributed by atoms with Crippen LogP contribution in [0.25, 0.3) is 0 Å². The summed E-state index contributed by atoms with van der Waals surface area (Å²) in [6.45, 7) is 1.71. The van der Waals surface area contributed by atoms with Crippen LogP contribution in [0.4, 0.5) is 5.69 Å². The minimum atomic E-state index is -3.36. The summed E-state index contributed by atoms with van der Waals surface area (Å²) in [5, 5.41) is 2.51. The number of nitrogens with one attached hydrogen (secondary N) is 2. The van der Waals surface area contributed by atoms with Crippen LogP contribution in [0.1, 0.15) is 16.1 Å². The fourth-order valence-electron chi connectivity index (χ4n) is 1.75. The summed E-state index contributed by atoms with van der Waals surface area (Å²) in [7, 11) is -3.36. The van der Waals surface area contributed by atoms with Gasteiger partial charge in [0.05, 0.1) is 4.90 Å². The normalized spacial score (nSPS) is 11.1. The summed E-state index contributed by atoms with van der Waals surface area (Å²) >= 11 is 0. The zero-order valence-corrected chi connectivity index (χ0v) is 12.3.